The molecule has 5 nitrogen and oxygen atoms in total. The van der Waals surface area contributed by atoms with Crippen LogP contribution in [0.4, 0.5) is 4.79 Å². The van der Waals surface area contributed by atoms with Crippen LogP contribution in [-0.4, -0.2) is 25.1 Å². The topological polar surface area (TPSA) is 64.6 Å². The van der Waals surface area contributed by atoms with Crippen molar-refractivity contribution in [3.05, 3.63) is 28.8 Å². The first-order valence-electron chi connectivity index (χ1n) is 6.78. The van der Waals surface area contributed by atoms with E-state index in [0.717, 1.165) is 11.1 Å². The lowest BCUT2D eigenvalue weighted by Crippen LogP contribution is -2.35. The van der Waals surface area contributed by atoms with Crippen LogP contribution in [0.25, 0.3) is 0 Å². The van der Waals surface area contributed by atoms with Crippen molar-refractivity contribution in [1.29, 1.82) is 0 Å². The second-order valence-electron chi connectivity index (χ2n) is 5.94. The molecule has 116 valence electrons. The predicted molar refractivity (Wildman–Crippen MR) is 80.6 cm³/mol. The van der Waals surface area contributed by atoms with Crippen molar-refractivity contribution in [2.24, 2.45) is 0 Å². The van der Waals surface area contributed by atoms with Gasteiger partial charge in [0.15, 0.2) is 0 Å². The average Bonchev–Trinajstić information content (AvgIpc) is 2.36. The van der Waals surface area contributed by atoms with Gasteiger partial charge >= 0.3 is 6.09 Å². The third-order valence-corrected chi connectivity index (χ3v) is 2.99. The van der Waals surface area contributed by atoms with Crippen LogP contribution in [0.3, 0.4) is 0 Å². The van der Waals surface area contributed by atoms with Crippen molar-refractivity contribution in [3.63, 3.8) is 0 Å². The molecule has 1 rings (SSSR count). The molecular formula is C16H23NO4. The first kappa shape index (κ1) is 17.0. The molecule has 5 heteroatoms. The molecule has 0 saturated carbocycles. The van der Waals surface area contributed by atoms with E-state index in [1.165, 1.54) is 7.11 Å². The third kappa shape index (κ3) is 4.77. The molecule has 0 aromatic heterocycles. The summed E-state index contributed by atoms with van der Waals surface area (Å²) in [4.78, 5) is 23.2. The van der Waals surface area contributed by atoms with Crippen LogP contribution in [0.2, 0.25) is 0 Å². The Labute approximate surface area is 125 Å². The number of benzene rings is 1. The smallest absolute Gasteiger partial charge is 0.408 e. The highest BCUT2D eigenvalue weighted by atomic mass is 16.6. The van der Waals surface area contributed by atoms with Crippen molar-refractivity contribution >= 4 is 12.4 Å². The van der Waals surface area contributed by atoms with Crippen molar-refractivity contribution in [3.8, 4) is 5.75 Å². The molecule has 0 heterocycles. The zero-order valence-electron chi connectivity index (χ0n) is 13.4. The normalized spacial score (nSPS) is 12.5. The van der Waals surface area contributed by atoms with E-state index in [9.17, 15) is 9.59 Å². The molecule has 0 bridgehead atoms. The van der Waals surface area contributed by atoms with Gasteiger partial charge in [0.05, 0.1) is 7.11 Å². The predicted octanol–water partition coefficient (Wildman–Crippen LogP) is 3.08. The lowest BCUT2D eigenvalue weighted by Gasteiger charge is -2.22. The van der Waals surface area contributed by atoms with Gasteiger partial charge in [0.2, 0.25) is 0 Å². The van der Waals surface area contributed by atoms with Gasteiger partial charge in [-0.1, -0.05) is 0 Å². The summed E-state index contributed by atoms with van der Waals surface area (Å²) in [5.41, 5.74) is 2.06. The number of hydrogen-bond acceptors (Lipinski definition) is 4. The number of rotatable bonds is 4. The van der Waals surface area contributed by atoms with Gasteiger partial charge in [-0.25, -0.2) is 4.79 Å². The summed E-state index contributed by atoms with van der Waals surface area (Å²) in [5, 5.41) is 2.55. The molecule has 1 unspecified atom stereocenters. The molecule has 1 atom stereocenters. The molecule has 1 N–H and O–H groups in total. The highest BCUT2D eigenvalue weighted by Gasteiger charge is 2.22. The Balaban J connectivity index is 3.03. The summed E-state index contributed by atoms with van der Waals surface area (Å²) in [5.74, 6) is 0.561. The summed E-state index contributed by atoms with van der Waals surface area (Å²) < 4.78 is 10.5. The van der Waals surface area contributed by atoms with Crippen LogP contribution >= 0.6 is 0 Å². The molecule has 0 saturated heterocycles. The number of carbonyl (C=O) groups is 2. The Morgan fingerprint density at radius 3 is 2.29 bits per heavy atom. The summed E-state index contributed by atoms with van der Waals surface area (Å²) >= 11 is 0. The summed E-state index contributed by atoms with van der Waals surface area (Å²) in [6, 6.07) is 2.87. The number of hydrogen-bond donors (Lipinski definition) is 1. The van der Waals surface area contributed by atoms with Crippen LogP contribution in [-0.2, 0) is 9.53 Å². The molecule has 0 spiro atoms. The van der Waals surface area contributed by atoms with Gasteiger partial charge in [-0.05, 0) is 57.9 Å². The minimum Gasteiger partial charge on any atom is -0.496 e. The van der Waals surface area contributed by atoms with Crippen molar-refractivity contribution in [2.45, 2.75) is 46.3 Å². The van der Waals surface area contributed by atoms with E-state index in [4.69, 9.17) is 9.47 Å². The maximum Gasteiger partial charge on any atom is 0.408 e. The second kappa shape index (κ2) is 6.61. The summed E-state index contributed by atoms with van der Waals surface area (Å²) in [6.07, 6.45) is 0.0242. The van der Waals surface area contributed by atoms with Crippen LogP contribution in [0.15, 0.2) is 12.1 Å². The fourth-order valence-electron chi connectivity index (χ4n) is 1.85. The molecule has 0 aliphatic carbocycles. The van der Waals surface area contributed by atoms with Crippen molar-refractivity contribution < 1.29 is 19.1 Å². The molecule has 1 amide bonds. The summed E-state index contributed by atoms with van der Waals surface area (Å²) in [6.45, 7) is 9.18. The number of aryl methyl sites for hydroxylation is 2. The number of aldehydes is 1. The highest BCUT2D eigenvalue weighted by Crippen LogP contribution is 2.28. The number of carbonyl (C=O) groups excluding carboxylic acids is 2. The molecule has 0 aliphatic heterocycles. The van der Waals surface area contributed by atoms with E-state index < -0.39 is 17.7 Å². The Kier molecular flexibility index (Phi) is 5.35. The van der Waals surface area contributed by atoms with E-state index in [1.54, 1.807) is 20.8 Å². The van der Waals surface area contributed by atoms with Gasteiger partial charge in [-0.3, -0.25) is 0 Å². The van der Waals surface area contributed by atoms with Crippen LogP contribution in [0.1, 0.15) is 43.5 Å². The molecule has 21 heavy (non-hydrogen) atoms. The van der Waals surface area contributed by atoms with Crippen molar-refractivity contribution in [1.82, 2.24) is 5.32 Å². The molecular weight excluding hydrogens is 270 g/mol. The van der Waals surface area contributed by atoms with Gasteiger partial charge in [-0.2, -0.15) is 0 Å². The Morgan fingerprint density at radius 2 is 1.81 bits per heavy atom. The largest absolute Gasteiger partial charge is 0.496 e. The zero-order valence-corrected chi connectivity index (χ0v) is 13.4. The second-order valence-corrected chi connectivity index (χ2v) is 5.94. The fraction of sp³-hybridized carbons (Fsp3) is 0.500. The lowest BCUT2D eigenvalue weighted by atomic mass is 10.0. The monoisotopic (exact) mass is 293 g/mol. The minimum atomic E-state index is -0.811. The number of methoxy groups -OCH3 is 1. The molecule has 1 aromatic rings. The van der Waals surface area contributed by atoms with Crippen molar-refractivity contribution in [2.75, 3.05) is 7.11 Å². The fourth-order valence-corrected chi connectivity index (χ4v) is 1.85. The maximum absolute atomic E-state index is 11.8. The Bertz CT molecular complexity index is 532. The quantitative estimate of drug-likeness (QED) is 0.866. The Morgan fingerprint density at radius 1 is 1.24 bits per heavy atom. The van der Waals surface area contributed by atoms with Gasteiger partial charge in [0, 0.05) is 5.56 Å². The molecule has 0 fully saturated rings. The number of alkyl carbamates (subject to hydrolysis) is 1. The van der Waals surface area contributed by atoms with Crippen LogP contribution in [0.5, 0.6) is 5.75 Å². The number of amides is 1. The first-order valence-corrected chi connectivity index (χ1v) is 6.78. The van der Waals surface area contributed by atoms with E-state index >= 15 is 0 Å². The van der Waals surface area contributed by atoms with E-state index in [2.05, 4.69) is 5.32 Å². The van der Waals surface area contributed by atoms with Crippen LogP contribution < -0.4 is 10.1 Å². The standard InChI is InChI=1S/C16H23NO4/c1-10-7-12(14(20-6)8-11(10)2)13(9-18)17-15(19)21-16(3,4)5/h7-9,13H,1-6H3,(H,17,19). The number of ether oxygens (including phenoxy) is 2. The van der Waals surface area contributed by atoms with E-state index in [-0.39, 0.29) is 0 Å². The highest BCUT2D eigenvalue weighted by molar-refractivity contribution is 5.75. The van der Waals surface area contributed by atoms with Gasteiger partial charge < -0.3 is 19.6 Å². The minimum absolute atomic E-state index is 0.561. The molecule has 0 aliphatic rings. The Hall–Kier alpha value is -2.04. The molecule has 0 radical (unpaired) electrons. The summed E-state index contributed by atoms with van der Waals surface area (Å²) in [7, 11) is 1.53. The first-order chi connectivity index (χ1) is 9.67. The van der Waals surface area contributed by atoms with Gasteiger partial charge in [-0.15, -0.1) is 0 Å². The van der Waals surface area contributed by atoms with Gasteiger partial charge in [0.1, 0.15) is 23.7 Å². The zero-order chi connectivity index (χ0) is 16.2. The third-order valence-electron chi connectivity index (χ3n) is 2.99. The number of nitrogens with one attached hydrogen (secondary N) is 1. The van der Waals surface area contributed by atoms with Gasteiger partial charge in [0.25, 0.3) is 0 Å². The lowest BCUT2D eigenvalue weighted by molar-refractivity contribution is -0.109. The molecule has 1 aromatic carbocycles. The SMILES string of the molecule is COc1cc(C)c(C)cc1C(C=O)NC(=O)OC(C)(C)C. The van der Waals surface area contributed by atoms with E-state index in [0.29, 0.717) is 17.6 Å². The average molecular weight is 293 g/mol. The van der Waals surface area contributed by atoms with E-state index in [1.807, 2.05) is 26.0 Å². The van der Waals surface area contributed by atoms with Crippen LogP contribution in [0, 0.1) is 13.8 Å². The maximum atomic E-state index is 11.8.